The highest BCUT2D eigenvalue weighted by Crippen LogP contribution is 2.18. The number of hydrogen-bond donors (Lipinski definition) is 1. The van der Waals surface area contributed by atoms with Gasteiger partial charge in [-0.25, -0.2) is 4.39 Å². The lowest BCUT2D eigenvalue weighted by Gasteiger charge is -2.07. The van der Waals surface area contributed by atoms with E-state index in [0.29, 0.717) is 23.7 Å². The topological polar surface area (TPSA) is 29.9 Å². The van der Waals surface area contributed by atoms with Crippen LogP contribution in [0.15, 0.2) is 30.6 Å². The van der Waals surface area contributed by atoms with Gasteiger partial charge in [0, 0.05) is 29.9 Å². The fraction of sp³-hybridized carbons (Fsp3) is 0.308. The second kappa shape index (κ2) is 5.98. The first-order valence-electron chi connectivity index (χ1n) is 5.79. The lowest BCUT2D eigenvalue weighted by atomic mass is 10.2. The van der Waals surface area contributed by atoms with Crippen molar-refractivity contribution in [2.24, 2.45) is 0 Å². The molecule has 1 aromatic carbocycles. The summed E-state index contributed by atoms with van der Waals surface area (Å²) in [5, 5.41) is 7.78. The Balaban J connectivity index is 1.82. The molecular formula is C13H15ClFN3. The number of halogens is 2. The summed E-state index contributed by atoms with van der Waals surface area (Å²) in [6.45, 7) is 3.88. The summed E-state index contributed by atoms with van der Waals surface area (Å²) in [5.41, 5.74) is 1.64. The standard InChI is InChI=1S/C13H15ClFN3/c1-10-7-17-18(9-10)6-5-16-8-11-12(14)3-2-4-13(11)15/h2-4,7,9,16H,5-6,8H2,1H3. The van der Waals surface area contributed by atoms with Crippen LogP contribution in [0.4, 0.5) is 4.39 Å². The summed E-state index contributed by atoms with van der Waals surface area (Å²) in [6, 6.07) is 4.71. The molecule has 0 saturated carbocycles. The van der Waals surface area contributed by atoms with Crippen LogP contribution in [0.25, 0.3) is 0 Å². The van der Waals surface area contributed by atoms with E-state index in [1.165, 1.54) is 6.07 Å². The molecule has 3 nitrogen and oxygen atoms in total. The number of aromatic nitrogens is 2. The molecule has 1 N–H and O–H groups in total. The molecule has 0 radical (unpaired) electrons. The number of hydrogen-bond acceptors (Lipinski definition) is 2. The van der Waals surface area contributed by atoms with E-state index in [-0.39, 0.29) is 5.82 Å². The number of nitrogens with one attached hydrogen (secondary N) is 1. The van der Waals surface area contributed by atoms with Crippen molar-refractivity contribution in [1.82, 2.24) is 15.1 Å². The molecule has 96 valence electrons. The molecule has 0 spiro atoms. The molecule has 2 rings (SSSR count). The van der Waals surface area contributed by atoms with Crippen molar-refractivity contribution in [2.75, 3.05) is 6.54 Å². The minimum Gasteiger partial charge on any atom is -0.311 e. The molecule has 0 saturated heterocycles. The molecule has 1 heterocycles. The van der Waals surface area contributed by atoms with Crippen LogP contribution in [-0.4, -0.2) is 16.3 Å². The highest BCUT2D eigenvalue weighted by atomic mass is 35.5. The number of rotatable bonds is 5. The smallest absolute Gasteiger partial charge is 0.129 e. The average molecular weight is 268 g/mol. The minimum atomic E-state index is -0.273. The van der Waals surface area contributed by atoms with Crippen molar-refractivity contribution in [2.45, 2.75) is 20.0 Å². The van der Waals surface area contributed by atoms with E-state index in [1.807, 2.05) is 24.0 Å². The summed E-state index contributed by atoms with van der Waals surface area (Å²) in [5.74, 6) is -0.273. The Kier molecular flexibility index (Phi) is 4.33. The van der Waals surface area contributed by atoms with Crippen LogP contribution in [0.5, 0.6) is 0 Å². The Morgan fingerprint density at radius 2 is 2.28 bits per heavy atom. The largest absolute Gasteiger partial charge is 0.311 e. The maximum Gasteiger partial charge on any atom is 0.129 e. The first-order valence-corrected chi connectivity index (χ1v) is 6.17. The molecule has 0 fully saturated rings. The lowest BCUT2D eigenvalue weighted by molar-refractivity contribution is 0.540. The highest BCUT2D eigenvalue weighted by molar-refractivity contribution is 6.31. The summed E-state index contributed by atoms with van der Waals surface area (Å²) >= 11 is 5.93. The lowest BCUT2D eigenvalue weighted by Crippen LogP contribution is -2.20. The molecule has 0 aliphatic carbocycles. The van der Waals surface area contributed by atoms with Crippen molar-refractivity contribution in [3.8, 4) is 0 Å². The van der Waals surface area contributed by atoms with Crippen LogP contribution in [0.1, 0.15) is 11.1 Å². The van der Waals surface area contributed by atoms with Crippen LogP contribution >= 0.6 is 11.6 Å². The van der Waals surface area contributed by atoms with Gasteiger partial charge in [-0.3, -0.25) is 4.68 Å². The zero-order valence-electron chi connectivity index (χ0n) is 10.2. The molecule has 0 bridgehead atoms. The fourth-order valence-corrected chi connectivity index (χ4v) is 1.93. The first kappa shape index (κ1) is 13.1. The van der Waals surface area contributed by atoms with Gasteiger partial charge in [0.15, 0.2) is 0 Å². The Morgan fingerprint density at radius 3 is 2.94 bits per heavy atom. The third kappa shape index (κ3) is 3.31. The van der Waals surface area contributed by atoms with Crippen LogP contribution in [-0.2, 0) is 13.1 Å². The maximum absolute atomic E-state index is 13.5. The molecule has 5 heteroatoms. The normalized spacial score (nSPS) is 10.8. The Labute approximate surface area is 111 Å². The second-order valence-electron chi connectivity index (χ2n) is 4.16. The predicted octanol–water partition coefficient (Wildman–Crippen LogP) is 2.77. The van der Waals surface area contributed by atoms with Gasteiger partial charge >= 0.3 is 0 Å². The third-order valence-corrected chi connectivity index (χ3v) is 3.00. The highest BCUT2D eigenvalue weighted by Gasteiger charge is 2.05. The minimum absolute atomic E-state index is 0.273. The maximum atomic E-state index is 13.5. The van der Waals surface area contributed by atoms with E-state index in [0.717, 1.165) is 12.1 Å². The van der Waals surface area contributed by atoms with Crippen molar-refractivity contribution in [3.05, 3.63) is 52.6 Å². The van der Waals surface area contributed by atoms with Gasteiger partial charge in [-0.05, 0) is 24.6 Å². The van der Waals surface area contributed by atoms with E-state index in [1.54, 1.807) is 12.1 Å². The zero-order chi connectivity index (χ0) is 13.0. The van der Waals surface area contributed by atoms with E-state index in [2.05, 4.69) is 10.4 Å². The third-order valence-electron chi connectivity index (χ3n) is 2.64. The molecule has 18 heavy (non-hydrogen) atoms. The molecule has 0 unspecified atom stereocenters. The van der Waals surface area contributed by atoms with Gasteiger partial charge in [0.1, 0.15) is 5.82 Å². The number of nitrogens with zero attached hydrogens (tertiary/aromatic N) is 2. The number of benzene rings is 1. The van der Waals surface area contributed by atoms with Gasteiger partial charge in [-0.2, -0.15) is 5.10 Å². The molecule has 0 aliphatic rings. The summed E-state index contributed by atoms with van der Waals surface area (Å²) in [4.78, 5) is 0. The molecule has 1 aromatic heterocycles. The van der Waals surface area contributed by atoms with Crippen molar-refractivity contribution < 1.29 is 4.39 Å². The zero-order valence-corrected chi connectivity index (χ0v) is 10.9. The molecular weight excluding hydrogens is 253 g/mol. The van der Waals surface area contributed by atoms with Crippen LogP contribution in [0, 0.1) is 12.7 Å². The predicted molar refractivity (Wildman–Crippen MR) is 70.1 cm³/mol. The van der Waals surface area contributed by atoms with Crippen LogP contribution in [0.2, 0.25) is 5.02 Å². The summed E-state index contributed by atoms with van der Waals surface area (Å²) < 4.78 is 15.3. The molecule has 0 atom stereocenters. The quantitative estimate of drug-likeness (QED) is 0.845. The van der Waals surface area contributed by atoms with E-state index in [9.17, 15) is 4.39 Å². The second-order valence-corrected chi connectivity index (χ2v) is 4.56. The Bertz CT molecular complexity index is 504. The van der Waals surface area contributed by atoms with Crippen molar-refractivity contribution >= 4 is 11.6 Å². The van der Waals surface area contributed by atoms with Gasteiger partial charge in [0.25, 0.3) is 0 Å². The van der Waals surface area contributed by atoms with Crippen molar-refractivity contribution in [1.29, 1.82) is 0 Å². The summed E-state index contributed by atoms with van der Waals surface area (Å²) in [6.07, 6.45) is 3.78. The van der Waals surface area contributed by atoms with E-state index < -0.39 is 0 Å². The SMILES string of the molecule is Cc1cnn(CCNCc2c(F)cccc2Cl)c1. The van der Waals surface area contributed by atoms with Crippen molar-refractivity contribution in [3.63, 3.8) is 0 Å². The van der Waals surface area contributed by atoms with Crippen LogP contribution < -0.4 is 5.32 Å². The molecule has 2 aromatic rings. The molecule has 0 amide bonds. The van der Waals surface area contributed by atoms with E-state index >= 15 is 0 Å². The average Bonchev–Trinajstić information content (AvgIpc) is 2.73. The van der Waals surface area contributed by atoms with Gasteiger partial charge in [-0.15, -0.1) is 0 Å². The van der Waals surface area contributed by atoms with Crippen LogP contribution in [0.3, 0.4) is 0 Å². The van der Waals surface area contributed by atoms with Gasteiger partial charge in [0.2, 0.25) is 0 Å². The molecule has 0 aliphatic heterocycles. The van der Waals surface area contributed by atoms with E-state index in [4.69, 9.17) is 11.6 Å². The Morgan fingerprint density at radius 1 is 1.44 bits per heavy atom. The van der Waals surface area contributed by atoms with Gasteiger partial charge in [0.05, 0.1) is 12.7 Å². The first-order chi connectivity index (χ1) is 8.66. The fourth-order valence-electron chi connectivity index (χ4n) is 1.70. The van der Waals surface area contributed by atoms with Gasteiger partial charge < -0.3 is 5.32 Å². The van der Waals surface area contributed by atoms with Gasteiger partial charge in [-0.1, -0.05) is 17.7 Å². The monoisotopic (exact) mass is 267 g/mol. The number of aryl methyl sites for hydroxylation is 1. The Hall–Kier alpha value is -1.39. The summed E-state index contributed by atoms with van der Waals surface area (Å²) in [7, 11) is 0.